The van der Waals surface area contributed by atoms with Crippen LogP contribution in [-0.4, -0.2) is 29.1 Å². The van der Waals surface area contributed by atoms with E-state index in [1.54, 1.807) is 0 Å². The standard InChI is InChI=1S/C17H26N4O2/c22-16(13-10-17(13)6-8-18-9-7-17)19-11-14-20-15(21-23-14)12-4-2-1-3-5-12/h12-13,18H,1-11H2,(H,19,22). The molecule has 2 heterocycles. The van der Waals surface area contributed by atoms with E-state index in [-0.39, 0.29) is 17.2 Å². The van der Waals surface area contributed by atoms with E-state index < -0.39 is 0 Å². The molecule has 6 nitrogen and oxygen atoms in total. The molecule has 1 amide bonds. The number of nitrogens with one attached hydrogen (secondary N) is 2. The van der Waals surface area contributed by atoms with Crippen molar-refractivity contribution >= 4 is 5.91 Å². The zero-order valence-electron chi connectivity index (χ0n) is 13.6. The topological polar surface area (TPSA) is 80.1 Å². The van der Waals surface area contributed by atoms with Crippen molar-refractivity contribution in [2.45, 2.75) is 63.8 Å². The summed E-state index contributed by atoms with van der Waals surface area (Å²) in [4.78, 5) is 16.8. The number of carbonyl (C=O) groups excluding carboxylic acids is 1. The van der Waals surface area contributed by atoms with E-state index in [1.807, 2.05) is 0 Å². The van der Waals surface area contributed by atoms with E-state index in [0.29, 0.717) is 18.4 Å². The van der Waals surface area contributed by atoms with Crippen LogP contribution in [0.2, 0.25) is 0 Å². The maximum absolute atomic E-state index is 12.3. The highest BCUT2D eigenvalue weighted by atomic mass is 16.5. The van der Waals surface area contributed by atoms with Crippen molar-refractivity contribution in [3.05, 3.63) is 11.7 Å². The molecule has 1 saturated heterocycles. The molecule has 23 heavy (non-hydrogen) atoms. The lowest BCUT2D eigenvalue weighted by Crippen LogP contribution is -2.33. The number of carbonyl (C=O) groups is 1. The van der Waals surface area contributed by atoms with E-state index >= 15 is 0 Å². The fourth-order valence-corrected chi connectivity index (χ4v) is 4.35. The number of aromatic nitrogens is 2. The molecule has 6 heteroatoms. The summed E-state index contributed by atoms with van der Waals surface area (Å²) >= 11 is 0. The number of hydrogen-bond donors (Lipinski definition) is 2. The van der Waals surface area contributed by atoms with Gasteiger partial charge < -0.3 is 15.2 Å². The second-order valence-corrected chi connectivity index (χ2v) is 7.47. The van der Waals surface area contributed by atoms with Crippen LogP contribution in [0, 0.1) is 11.3 Å². The van der Waals surface area contributed by atoms with Gasteiger partial charge in [0.15, 0.2) is 5.82 Å². The van der Waals surface area contributed by atoms with Crippen molar-refractivity contribution in [2.75, 3.05) is 13.1 Å². The van der Waals surface area contributed by atoms with Gasteiger partial charge in [-0.2, -0.15) is 4.98 Å². The predicted molar refractivity (Wildman–Crippen MR) is 84.6 cm³/mol. The Morgan fingerprint density at radius 3 is 2.83 bits per heavy atom. The van der Waals surface area contributed by atoms with Crippen LogP contribution in [0.4, 0.5) is 0 Å². The molecule has 1 aliphatic heterocycles. The number of rotatable bonds is 4. The first kappa shape index (κ1) is 15.1. The van der Waals surface area contributed by atoms with Gasteiger partial charge >= 0.3 is 0 Å². The molecule has 1 atom stereocenters. The molecule has 1 aromatic rings. The first-order chi connectivity index (χ1) is 11.3. The maximum atomic E-state index is 12.3. The second kappa shape index (κ2) is 6.23. The lowest BCUT2D eigenvalue weighted by atomic mass is 9.89. The molecule has 126 valence electrons. The Morgan fingerprint density at radius 2 is 2.04 bits per heavy atom. The lowest BCUT2D eigenvalue weighted by molar-refractivity contribution is -0.123. The van der Waals surface area contributed by atoms with E-state index in [4.69, 9.17) is 4.52 Å². The first-order valence-electron chi connectivity index (χ1n) is 9.08. The lowest BCUT2D eigenvalue weighted by Gasteiger charge is -2.23. The molecule has 0 aromatic carbocycles. The minimum atomic E-state index is 0.157. The van der Waals surface area contributed by atoms with Crippen LogP contribution in [-0.2, 0) is 11.3 Å². The highest BCUT2D eigenvalue weighted by Gasteiger charge is 2.57. The van der Waals surface area contributed by atoms with E-state index in [0.717, 1.165) is 51.0 Å². The maximum Gasteiger partial charge on any atom is 0.246 e. The Kier molecular flexibility index (Phi) is 4.09. The Balaban J connectivity index is 1.28. The van der Waals surface area contributed by atoms with Crippen LogP contribution in [0.15, 0.2) is 4.52 Å². The van der Waals surface area contributed by atoms with Crippen molar-refractivity contribution < 1.29 is 9.32 Å². The molecule has 2 aliphatic carbocycles. The minimum Gasteiger partial charge on any atom is -0.347 e. The van der Waals surface area contributed by atoms with Crippen LogP contribution in [0.25, 0.3) is 0 Å². The highest BCUT2D eigenvalue weighted by molar-refractivity contribution is 5.82. The summed E-state index contributed by atoms with van der Waals surface area (Å²) in [5, 5.41) is 10.5. The average Bonchev–Trinajstić information content (AvgIpc) is 3.08. The summed E-state index contributed by atoms with van der Waals surface area (Å²) in [5.41, 5.74) is 0.275. The summed E-state index contributed by atoms with van der Waals surface area (Å²) in [7, 11) is 0. The van der Waals surface area contributed by atoms with E-state index in [2.05, 4.69) is 20.8 Å². The van der Waals surface area contributed by atoms with Gasteiger partial charge in [0.05, 0.1) is 6.54 Å². The van der Waals surface area contributed by atoms with Gasteiger partial charge in [0, 0.05) is 11.8 Å². The van der Waals surface area contributed by atoms with Gasteiger partial charge in [0.1, 0.15) is 0 Å². The number of piperidine rings is 1. The molecule has 2 saturated carbocycles. The fraction of sp³-hybridized carbons (Fsp3) is 0.824. The quantitative estimate of drug-likeness (QED) is 0.889. The highest BCUT2D eigenvalue weighted by Crippen LogP contribution is 2.58. The third kappa shape index (κ3) is 3.13. The van der Waals surface area contributed by atoms with Crippen molar-refractivity contribution in [3.8, 4) is 0 Å². The number of nitrogens with zero attached hydrogens (tertiary/aromatic N) is 2. The molecule has 3 aliphatic rings. The summed E-state index contributed by atoms with van der Waals surface area (Å²) in [6.07, 6.45) is 9.42. The van der Waals surface area contributed by atoms with Crippen LogP contribution >= 0.6 is 0 Å². The predicted octanol–water partition coefficient (Wildman–Crippen LogP) is 2.12. The van der Waals surface area contributed by atoms with E-state index in [9.17, 15) is 4.79 Å². The molecule has 2 N–H and O–H groups in total. The summed E-state index contributed by atoms with van der Waals surface area (Å²) < 4.78 is 5.32. The Labute approximate surface area is 136 Å². The molecular formula is C17H26N4O2. The zero-order valence-corrected chi connectivity index (χ0v) is 13.6. The van der Waals surface area contributed by atoms with Crippen molar-refractivity contribution in [1.29, 1.82) is 0 Å². The Hall–Kier alpha value is -1.43. The monoisotopic (exact) mass is 318 g/mol. The zero-order chi connectivity index (χ0) is 15.7. The molecule has 1 aromatic heterocycles. The largest absolute Gasteiger partial charge is 0.347 e. The Morgan fingerprint density at radius 1 is 1.26 bits per heavy atom. The van der Waals surface area contributed by atoms with E-state index in [1.165, 1.54) is 19.3 Å². The van der Waals surface area contributed by atoms with Crippen molar-refractivity contribution in [1.82, 2.24) is 20.8 Å². The molecule has 4 rings (SSSR count). The normalized spacial score (nSPS) is 27.0. The third-order valence-electron chi connectivity index (χ3n) is 5.97. The summed E-state index contributed by atoms with van der Waals surface area (Å²) in [6.45, 7) is 2.44. The third-order valence-corrected chi connectivity index (χ3v) is 5.97. The van der Waals surface area contributed by atoms with Gasteiger partial charge in [-0.15, -0.1) is 0 Å². The van der Waals surface area contributed by atoms with Gasteiger partial charge in [-0.3, -0.25) is 4.79 Å². The van der Waals surface area contributed by atoms with Crippen LogP contribution in [0.3, 0.4) is 0 Å². The molecule has 1 spiro atoms. The first-order valence-corrected chi connectivity index (χ1v) is 9.08. The van der Waals surface area contributed by atoms with Gasteiger partial charge in [-0.1, -0.05) is 24.4 Å². The second-order valence-electron chi connectivity index (χ2n) is 7.47. The average molecular weight is 318 g/mol. The minimum absolute atomic E-state index is 0.157. The van der Waals surface area contributed by atoms with Gasteiger partial charge in [-0.25, -0.2) is 0 Å². The molecule has 3 fully saturated rings. The molecule has 0 bridgehead atoms. The van der Waals surface area contributed by atoms with Gasteiger partial charge in [0.2, 0.25) is 11.8 Å². The number of hydrogen-bond acceptors (Lipinski definition) is 5. The van der Waals surface area contributed by atoms with Crippen LogP contribution in [0.5, 0.6) is 0 Å². The SMILES string of the molecule is O=C(NCc1nc(C2CCCCC2)no1)C1CC12CCNCC2. The van der Waals surface area contributed by atoms with Crippen LogP contribution in [0.1, 0.15) is 69.0 Å². The van der Waals surface area contributed by atoms with Crippen LogP contribution < -0.4 is 10.6 Å². The van der Waals surface area contributed by atoms with Gasteiger partial charge in [-0.05, 0) is 50.6 Å². The van der Waals surface area contributed by atoms with Crippen molar-refractivity contribution in [3.63, 3.8) is 0 Å². The molecule has 0 radical (unpaired) electrons. The van der Waals surface area contributed by atoms with Gasteiger partial charge in [0.25, 0.3) is 0 Å². The van der Waals surface area contributed by atoms with Crippen molar-refractivity contribution in [2.24, 2.45) is 11.3 Å². The summed E-state index contributed by atoms with van der Waals surface area (Å²) in [5.74, 6) is 2.15. The molecule has 1 unspecified atom stereocenters. The Bertz CT molecular complexity index is 559. The number of amides is 1. The molecular weight excluding hydrogens is 292 g/mol. The summed E-state index contributed by atoms with van der Waals surface area (Å²) in [6, 6.07) is 0. The smallest absolute Gasteiger partial charge is 0.246 e. The fourth-order valence-electron chi connectivity index (χ4n) is 4.35.